The second-order valence-electron chi connectivity index (χ2n) is 8.19. The maximum Gasteiger partial charge on any atom is 0.336 e. The minimum absolute atomic E-state index is 0.0807. The zero-order valence-electron chi connectivity index (χ0n) is 20.3. The Morgan fingerprint density at radius 1 is 0.800 bits per heavy atom. The number of amides is 1. The first-order chi connectivity index (χ1) is 17.0. The predicted octanol–water partition coefficient (Wildman–Crippen LogP) is 4.96. The summed E-state index contributed by atoms with van der Waals surface area (Å²) in [7, 11) is 0. The highest BCUT2D eigenvalue weighted by atomic mass is 16.5. The van der Waals surface area contributed by atoms with Crippen LogP contribution in [0, 0.1) is 0 Å². The van der Waals surface area contributed by atoms with Gasteiger partial charge in [-0.25, -0.2) is 4.79 Å². The van der Waals surface area contributed by atoms with E-state index in [4.69, 9.17) is 4.74 Å². The fourth-order valence-corrected chi connectivity index (χ4v) is 3.72. The number of nitrogens with one attached hydrogen (secondary N) is 1. The van der Waals surface area contributed by atoms with E-state index in [1.54, 1.807) is 12.1 Å². The van der Waals surface area contributed by atoms with Gasteiger partial charge in [0.05, 0.1) is 12.1 Å². The molecule has 0 spiro atoms. The van der Waals surface area contributed by atoms with Crippen LogP contribution in [0.25, 0.3) is 0 Å². The van der Waals surface area contributed by atoms with E-state index in [1.807, 2.05) is 73.7 Å². The van der Waals surface area contributed by atoms with Crippen LogP contribution in [0.2, 0.25) is 0 Å². The number of carbonyl (C=O) groups is 2. The minimum atomic E-state index is -0.914. The van der Waals surface area contributed by atoms with Gasteiger partial charge < -0.3 is 15.2 Å². The quantitative estimate of drug-likeness (QED) is 0.364. The molecule has 0 saturated carbocycles. The number of nitrogens with zero attached hydrogens (tertiary/aromatic N) is 2. The summed E-state index contributed by atoms with van der Waals surface area (Å²) in [6, 6.07) is 23.9. The highest BCUT2D eigenvalue weighted by Crippen LogP contribution is 2.22. The zero-order valence-corrected chi connectivity index (χ0v) is 20.3. The van der Waals surface area contributed by atoms with Gasteiger partial charge in [0.1, 0.15) is 11.5 Å². The molecular weight excluding hydrogens is 442 g/mol. The molecule has 0 aliphatic rings. The van der Waals surface area contributed by atoms with Crippen LogP contribution in [0.5, 0.6) is 11.5 Å². The second-order valence-corrected chi connectivity index (χ2v) is 8.19. The van der Waals surface area contributed by atoms with Crippen LogP contribution in [0.15, 0.2) is 78.9 Å². The number of ether oxygens (including phenoxy) is 1. The van der Waals surface area contributed by atoms with Crippen molar-refractivity contribution < 1.29 is 19.4 Å². The van der Waals surface area contributed by atoms with Gasteiger partial charge >= 0.3 is 5.97 Å². The van der Waals surface area contributed by atoms with Gasteiger partial charge in [-0.15, -0.1) is 0 Å². The highest BCUT2D eigenvalue weighted by Gasteiger charge is 2.14. The molecule has 35 heavy (non-hydrogen) atoms. The van der Waals surface area contributed by atoms with Crippen molar-refractivity contribution in [2.75, 3.05) is 38.0 Å². The van der Waals surface area contributed by atoms with Crippen LogP contribution in [-0.2, 0) is 11.3 Å². The molecule has 0 aromatic heterocycles. The molecule has 7 heteroatoms. The molecule has 0 fully saturated rings. The highest BCUT2D eigenvalue weighted by molar-refractivity contribution is 5.92. The third-order valence-corrected chi connectivity index (χ3v) is 5.75. The van der Waals surface area contributed by atoms with E-state index in [2.05, 4.69) is 22.0 Å². The summed E-state index contributed by atoms with van der Waals surface area (Å²) in [6.07, 6.45) is 0. The molecule has 2 N–H and O–H groups in total. The standard InChI is InChI=1S/C28H33N3O4/c1-3-30(20-22-10-8-9-13-26(22)28(33)34)18-19-31(4-2)21-27(32)29-23-14-16-25(17-15-23)35-24-11-6-5-7-12-24/h5-17H,3-4,18-21H2,1-2H3,(H,29,32)(H,33,34). The van der Waals surface area contributed by atoms with Crippen molar-refractivity contribution in [1.29, 1.82) is 0 Å². The molecule has 0 saturated heterocycles. The second kappa shape index (κ2) is 13.3. The molecule has 0 bridgehead atoms. The average molecular weight is 476 g/mol. The number of anilines is 1. The summed E-state index contributed by atoms with van der Waals surface area (Å²) in [5, 5.41) is 12.4. The Hall–Kier alpha value is -3.68. The van der Waals surface area contributed by atoms with E-state index in [9.17, 15) is 14.7 Å². The first kappa shape index (κ1) is 25.9. The number of para-hydroxylation sites is 1. The molecule has 7 nitrogen and oxygen atoms in total. The summed E-state index contributed by atoms with van der Waals surface area (Å²) >= 11 is 0. The van der Waals surface area contributed by atoms with Crippen LogP contribution in [0.4, 0.5) is 5.69 Å². The van der Waals surface area contributed by atoms with E-state index in [-0.39, 0.29) is 12.5 Å². The van der Waals surface area contributed by atoms with E-state index in [0.29, 0.717) is 30.1 Å². The molecule has 3 aromatic rings. The van der Waals surface area contributed by atoms with Crippen LogP contribution >= 0.6 is 0 Å². The first-order valence-electron chi connectivity index (χ1n) is 11.9. The summed E-state index contributed by atoms with van der Waals surface area (Å²) in [5.41, 5.74) is 1.84. The number of benzene rings is 3. The van der Waals surface area contributed by atoms with Gasteiger partial charge in [-0.05, 0) is 61.1 Å². The molecule has 3 aromatic carbocycles. The number of hydrogen-bond donors (Lipinski definition) is 2. The monoisotopic (exact) mass is 475 g/mol. The van der Waals surface area contributed by atoms with E-state index in [0.717, 1.165) is 30.9 Å². The lowest BCUT2D eigenvalue weighted by Gasteiger charge is -2.26. The average Bonchev–Trinajstić information content (AvgIpc) is 2.87. The Morgan fingerprint density at radius 2 is 1.40 bits per heavy atom. The number of carboxylic acid groups (broad SMARTS) is 1. The van der Waals surface area contributed by atoms with E-state index in [1.165, 1.54) is 0 Å². The van der Waals surface area contributed by atoms with Gasteiger partial charge in [0.15, 0.2) is 0 Å². The number of rotatable bonds is 13. The number of likely N-dealkylation sites (N-methyl/N-ethyl adjacent to an activating group) is 2. The molecule has 0 aliphatic carbocycles. The van der Waals surface area contributed by atoms with Gasteiger partial charge in [-0.1, -0.05) is 50.2 Å². The Balaban J connectivity index is 1.48. The van der Waals surface area contributed by atoms with Crippen molar-refractivity contribution in [2.45, 2.75) is 20.4 Å². The smallest absolute Gasteiger partial charge is 0.336 e. The number of carboxylic acids is 1. The Bertz CT molecular complexity index is 1090. The lowest BCUT2D eigenvalue weighted by molar-refractivity contribution is -0.117. The van der Waals surface area contributed by atoms with Crippen LogP contribution in [0.3, 0.4) is 0 Å². The van der Waals surface area contributed by atoms with Crippen molar-refractivity contribution >= 4 is 17.6 Å². The van der Waals surface area contributed by atoms with Crippen molar-refractivity contribution in [3.63, 3.8) is 0 Å². The largest absolute Gasteiger partial charge is 0.478 e. The van der Waals surface area contributed by atoms with Gasteiger partial charge in [0.2, 0.25) is 5.91 Å². The number of aromatic carboxylic acids is 1. The van der Waals surface area contributed by atoms with Crippen LogP contribution < -0.4 is 10.1 Å². The molecule has 0 radical (unpaired) electrons. The van der Waals surface area contributed by atoms with Gasteiger partial charge in [-0.2, -0.15) is 0 Å². The van der Waals surface area contributed by atoms with Crippen LogP contribution in [-0.4, -0.2) is 59.5 Å². The number of carbonyl (C=O) groups excluding carboxylic acids is 1. The molecule has 0 unspecified atom stereocenters. The fraction of sp³-hybridized carbons (Fsp3) is 0.286. The Kier molecular flexibility index (Phi) is 9.83. The maximum atomic E-state index is 12.6. The third kappa shape index (κ3) is 8.24. The summed E-state index contributed by atoms with van der Waals surface area (Å²) < 4.78 is 5.79. The normalized spacial score (nSPS) is 11.0. The zero-order chi connectivity index (χ0) is 25.0. The maximum absolute atomic E-state index is 12.6. The lowest BCUT2D eigenvalue weighted by atomic mass is 10.1. The van der Waals surface area contributed by atoms with E-state index >= 15 is 0 Å². The van der Waals surface area contributed by atoms with Gasteiger partial charge in [0, 0.05) is 25.3 Å². The molecular formula is C28H33N3O4. The van der Waals surface area contributed by atoms with Crippen molar-refractivity contribution in [1.82, 2.24) is 9.80 Å². The predicted molar refractivity (Wildman–Crippen MR) is 138 cm³/mol. The third-order valence-electron chi connectivity index (χ3n) is 5.75. The Morgan fingerprint density at radius 3 is 2.06 bits per heavy atom. The van der Waals surface area contributed by atoms with E-state index < -0.39 is 5.97 Å². The molecule has 1 amide bonds. The fourth-order valence-electron chi connectivity index (χ4n) is 3.72. The topological polar surface area (TPSA) is 82.1 Å². The first-order valence-corrected chi connectivity index (χ1v) is 11.9. The Labute approximate surface area is 206 Å². The van der Waals surface area contributed by atoms with Crippen molar-refractivity contribution in [3.05, 3.63) is 90.0 Å². The summed E-state index contributed by atoms with van der Waals surface area (Å²) in [4.78, 5) is 28.4. The summed E-state index contributed by atoms with van der Waals surface area (Å²) in [5.74, 6) is 0.468. The minimum Gasteiger partial charge on any atom is -0.478 e. The number of hydrogen-bond acceptors (Lipinski definition) is 5. The lowest BCUT2D eigenvalue weighted by Crippen LogP contribution is -2.39. The summed E-state index contributed by atoms with van der Waals surface area (Å²) in [6.45, 7) is 7.88. The SMILES string of the molecule is CCN(CCN(CC)Cc1ccccc1C(=O)O)CC(=O)Nc1ccc(Oc2ccccc2)cc1. The van der Waals surface area contributed by atoms with Crippen molar-refractivity contribution in [2.24, 2.45) is 0 Å². The molecule has 0 heterocycles. The van der Waals surface area contributed by atoms with Crippen LogP contribution in [0.1, 0.15) is 29.8 Å². The molecule has 0 atom stereocenters. The molecule has 3 rings (SSSR count). The molecule has 184 valence electrons. The molecule has 0 aliphatic heterocycles. The van der Waals surface area contributed by atoms with Gasteiger partial charge in [0.25, 0.3) is 0 Å². The van der Waals surface area contributed by atoms with Crippen molar-refractivity contribution in [3.8, 4) is 11.5 Å². The van der Waals surface area contributed by atoms with Gasteiger partial charge in [-0.3, -0.25) is 14.6 Å².